The highest BCUT2D eigenvalue weighted by molar-refractivity contribution is 5.85. The van der Waals surface area contributed by atoms with Crippen molar-refractivity contribution in [2.24, 2.45) is 0 Å². The lowest BCUT2D eigenvalue weighted by molar-refractivity contribution is 0.0521. The fourth-order valence-electron chi connectivity index (χ4n) is 0.250. The van der Waals surface area contributed by atoms with Crippen LogP contribution in [0.3, 0.4) is 0 Å². The summed E-state index contributed by atoms with van der Waals surface area (Å²) in [6, 6.07) is 0. The first kappa shape index (κ1) is 11.1. The van der Waals surface area contributed by atoms with E-state index in [-0.39, 0.29) is 12.4 Å². The van der Waals surface area contributed by atoms with E-state index in [1.54, 1.807) is 0 Å². The third kappa shape index (κ3) is 4.41. The zero-order valence-corrected chi connectivity index (χ0v) is 6.59. The second kappa shape index (κ2) is 4.16. The minimum atomic E-state index is -0.417. The van der Waals surface area contributed by atoms with Gasteiger partial charge in [-0.25, -0.2) is 0 Å². The van der Waals surface area contributed by atoms with E-state index in [2.05, 4.69) is 0 Å². The zero-order chi connectivity index (χ0) is 5.91. The summed E-state index contributed by atoms with van der Waals surface area (Å²) in [6.45, 7) is 5.83. The van der Waals surface area contributed by atoms with E-state index >= 15 is 0 Å². The van der Waals surface area contributed by atoms with E-state index in [4.69, 9.17) is 5.11 Å². The van der Waals surface area contributed by atoms with Crippen molar-refractivity contribution in [3.05, 3.63) is 0 Å². The van der Waals surface area contributed by atoms with Crippen molar-refractivity contribution in [3.8, 4) is 0 Å². The molecular weight excluding hydrogens is 124 g/mol. The van der Waals surface area contributed by atoms with Gasteiger partial charge in [0.1, 0.15) is 0 Å². The maximum atomic E-state index is 9.13. The summed E-state index contributed by atoms with van der Waals surface area (Å²) >= 11 is 0. The molecule has 0 aliphatic heterocycles. The zero-order valence-electron chi connectivity index (χ0n) is 5.77. The molecule has 0 amide bonds. The third-order valence-corrected chi connectivity index (χ3v) is 1.52. The van der Waals surface area contributed by atoms with E-state index in [1.807, 2.05) is 20.8 Å². The molecule has 0 saturated carbocycles. The van der Waals surface area contributed by atoms with E-state index < -0.39 is 5.60 Å². The molecule has 0 fully saturated rings. The highest BCUT2D eigenvalue weighted by Gasteiger charge is 2.12. The predicted octanol–water partition coefficient (Wildman–Crippen LogP) is 1.98. The predicted molar refractivity (Wildman–Crippen MR) is 38.5 cm³/mol. The van der Waals surface area contributed by atoms with Crippen LogP contribution >= 0.6 is 12.4 Å². The summed E-state index contributed by atoms with van der Waals surface area (Å²) in [7, 11) is 0. The molecule has 0 unspecified atom stereocenters. The van der Waals surface area contributed by atoms with E-state index in [1.165, 1.54) is 0 Å². The van der Waals surface area contributed by atoms with Crippen molar-refractivity contribution in [2.45, 2.75) is 39.2 Å². The molecule has 8 heavy (non-hydrogen) atoms. The Morgan fingerprint density at radius 2 is 1.50 bits per heavy atom. The topological polar surface area (TPSA) is 20.2 Å². The summed E-state index contributed by atoms with van der Waals surface area (Å²) in [6.07, 6.45) is 1.70. The number of rotatable bonds is 2. The van der Waals surface area contributed by atoms with Gasteiger partial charge in [0.05, 0.1) is 5.60 Å². The maximum Gasteiger partial charge on any atom is 0.0614 e. The molecule has 0 aliphatic carbocycles. The van der Waals surface area contributed by atoms with Gasteiger partial charge in [0.25, 0.3) is 0 Å². The molecule has 2 heteroatoms. The standard InChI is InChI=1S/C6H14O.ClH/c1-4-6(3,7)5-2;/h7H,4-5H2,1-3H3;1H. The van der Waals surface area contributed by atoms with Crippen molar-refractivity contribution < 1.29 is 5.11 Å². The molecule has 0 aliphatic rings. The van der Waals surface area contributed by atoms with E-state index in [9.17, 15) is 0 Å². The van der Waals surface area contributed by atoms with Crippen LogP contribution in [0.15, 0.2) is 0 Å². The minimum Gasteiger partial charge on any atom is -0.390 e. The van der Waals surface area contributed by atoms with Crippen LogP contribution in [-0.4, -0.2) is 10.7 Å². The van der Waals surface area contributed by atoms with Crippen LogP contribution in [0.25, 0.3) is 0 Å². The average Bonchev–Trinajstić information content (AvgIpc) is 1.68. The summed E-state index contributed by atoms with van der Waals surface area (Å²) < 4.78 is 0. The lowest BCUT2D eigenvalue weighted by Gasteiger charge is -2.17. The second-order valence-corrected chi connectivity index (χ2v) is 2.20. The number of hydrogen-bond acceptors (Lipinski definition) is 1. The lowest BCUT2D eigenvalue weighted by Crippen LogP contribution is -2.20. The normalized spacial score (nSPS) is 10.5. The second-order valence-electron chi connectivity index (χ2n) is 2.20. The van der Waals surface area contributed by atoms with Gasteiger partial charge in [-0.15, -0.1) is 12.4 Å². The quantitative estimate of drug-likeness (QED) is 0.619. The van der Waals surface area contributed by atoms with Gasteiger partial charge >= 0.3 is 0 Å². The van der Waals surface area contributed by atoms with Gasteiger partial charge in [-0.3, -0.25) is 0 Å². The third-order valence-electron chi connectivity index (χ3n) is 1.52. The molecule has 0 spiro atoms. The molecule has 0 radical (unpaired) electrons. The molecule has 0 atom stereocenters. The Kier molecular flexibility index (Phi) is 5.77. The molecule has 0 rings (SSSR count). The first-order valence-electron chi connectivity index (χ1n) is 2.84. The van der Waals surface area contributed by atoms with Crippen LogP contribution in [0.4, 0.5) is 0 Å². The Hall–Kier alpha value is 0.250. The fraction of sp³-hybridized carbons (Fsp3) is 1.00. The Balaban J connectivity index is 0. The van der Waals surface area contributed by atoms with Gasteiger partial charge in [0.15, 0.2) is 0 Å². The molecule has 0 saturated heterocycles. The number of hydrogen-bond donors (Lipinski definition) is 1. The molecule has 1 nitrogen and oxygen atoms in total. The maximum absolute atomic E-state index is 9.13. The number of halogens is 1. The van der Waals surface area contributed by atoms with Crippen molar-refractivity contribution in [1.82, 2.24) is 0 Å². The van der Waals surface area contributed by atoms with Crippen molar-refractivity contribution in [3.63, 3.8) is 0 Å². The van der Waals surface area contributed by atoms with Gasteiger partial charge in [0.2, 0.25) is 0 Å². The van der Waals surface area contributed by atoms with Gasteiger partial charge in [-0.05, 0) is 19.8 Å². The summed E-state index contributed by atoms with van der Waals surface area (Å²) in [4.78, 5) is 0. The van der Waals surface area contributed by atoms with Crippen LogP contribution in [0, 0.1) is 0 Å². The van der Waals surface area contributed by atoms with Crippen LogP contribution < -0.4 is 0 Å². The highest BCUT2D eigenvalue weighted by Crippen LogP contribution is 2.11. The Morgan fingerprint density at radius 1 is 1.25 bits per heavy atom. The molecule has 1 N–H and O–H groups in total. The van der Waals surface area contributed by atoms with Crippen molar-refractivity contribution in [1.29, 1.82) is 0 Å². The molecule has 0 aromatic carbocycles. The monoisotopic (exact) mass is 138 g/mol. The lowest BCUT2D eigenvalue weighted by atomic mass is 10.0. The highest BCUT2D eigenvalue weighted by atomic mass is 35.5. The Labute approximate surface area is 57.5 Å². The molecule has 52 valence electrons. The first-order chi connectivity index (χ1) is 3.12. The molecular formula is C6H15ClO. The van der Waals surface area contributed by atoms with Gasteiger partial charge < -0.3 is 5.11 Å². The Morgan fingerprint density at radius 3 is 1.50 bits per heavy atom. The molecule has 0 heterocycles. The van der Waals surface area contributed by atoms with E-state index in [0.717, 1.165) is 12.8 Å². The fourth-order valence-corrected chi connectivity index (χ4v) is 0.250. The minimum absolute atomic E-state index is 0. The first-order valence-corrected chi connectivity index (χ1v) is 2.84. The smallest absolute Gasteiger partial charge is 0.0614 e. The van der Waals surface area contributed by atoms with Gasteiger partial charge in [-0.2, -0.15) is 0 Å². The van der Waals surface area contributed by atoms with Gasteiger partial charge in [0, 0.05) is 0 Å². The van der Waals surface area contributed by atoms with Crippen LogP contribution in [0.1, 0.15) is 33.6 Å². The van der Waals surface area contributed by atoms with Gasteiger partial charge in [-0.1, -0.05) is 13.8 Å². The summed E-state index contributed by atoms with van der Waals surface area (Å²) in [5.74, 6) is 0. The van der Waals surface area contributed by atoms with Crippen LogP contribution in [-0.2, 0) is 0 Å². The summed E-state index contributed by atoms with van der Waals surface area (Å²) in [5, 5.41) is 9.13. The SMILES string of the molecule is CCC(C)(O)CC.Cl. The van der Waals surface area contributed by atoms with E-state index in [0.29, 0.717) is 0 Å². The van der Waals surface area contributed by atoms with Crippen molar-refractivity contribution in [2.75, 3.05) is 0 Å². The molecule has 0 bridgehead atoms. The average molecular weight is 139 g/mol. The molecule has 0 aromatic heterocycles. The Bertz CT molecular complexity index is 46.5. The molecule has 0 aromatic rings. The van der Waals surface area contributed by atoms with Crippen molar-refractivity contribution >= 4 is 12.4 Å². The van der Waals surface area contributed by atoms with Crippen LogP contribution in [0.2, 0.25) is 0 Å². The summed E-state index contributed by atoms with van der Waals surface area (Å²) in [5.41, 5.74) is -0.417. The number of aliphatic hydroxyl groups is 1. The van der Waals surface area contributed by atoms with Crippen LogP contribution in [0.5, 0.6) is 0 Å². The largest absolute Gasteiger partial charge is 0.390 e.